The molecule has 84 valence electrons. The zero-order chi connectivity index (χ0) is 10.7. The Hall–Kier alpha value is -0.170. The van der Waals surface area contributed by atoms with Gasteiger partial charge in [-0.1, -0.05) is 0 Å². The summed E-state index contributed by atoms with van der Waals surface area (Å²) in [4.78, 5) is 0. The molecule has 0 spiro atoms. The monoisotopic (exact) mass is 223 g/mol. The molecular weight excluding hydrogens is 206 g/mol. The van der Waals surface area contributed by atoms with E-state index in [0.717, 1.165) is 6.26 Å². The van der Waals surface area contributed by atoms with Gasteiger partial charge in [0.2, 0.25) is 10.0 Å². The Balaban J connectivity index is 2.52. The summed E-state index contributed by atoms with van der Waals surface area (Å²) in [5.41, 5.74) is -0.332. The normalized spacial score (nSPS) is 22.1. The summed E-state index contributed by atoms with van der Waals surface area (Å²) in [7, 11) is -3.17. The summed E-state index contributed by atoms with van der Waals surface area (Å²) in [5, 5.41) is 9.25. The molecule has 0 atom stereocenters. The number of ether oxygens (including phenoxy) is 1. The van der Waals surface area contributed by atoms with E-state index in [1.165, 1.54) is 0 Å². The number of aliphatic hydroxyl groups excluding tert-OH is 1. The molecule has 2 N–H and O–H groups in total. The molecule has 1 fully saturated rings. The lowest BCUT2D eigenvalue weighted by molar-refractivity contribution is -0.0126. The van der Waals surface area contributed by atoms with Crippen LogP contribution < -0.4 is 4.72 Å². The van der Waals surface area contributed by atoms with Gasteiger partial charge in [0.1, 0.15) is 0 Å². The Labute approximate surface area is 84.5 Å². The van der Waals surface area contributed by atoms with E-state index < -0.39 is 10.0 Å². The van der Waals surface area contributed by atoms with Gasteiger partial charge in [0.25, 0.3) is 0 Å². The average molecular weight is 223 g/mol. The Kier molecular flexibility index (Phi) is 3.88. The first-order valence-corrected chi connectivity index (χ1v) is 6.50. The standard InChI is InChI=1S/C8H17NO4S/c1-14(11,12)9-6-8(7-10)2-4-13-5-3-8/h9-10H,2-7H2,1H3. The summed E-state index contributed by atoms with van der Waals surface area (Å²) in [6.45, 7) is 1.47. The van der Waals surface area contributed by atoms with Gasteiger partial charge in [0.05, 0.1) is 12.9 Å². The zero-order valence-corrected chi connectivity index (χ0v) is 9.14. The fourth-order valence-electron chi connectivity index (χ4n) is 1.48. The molecule has 0 unspecified atom stereocenters. The van der Waals surface area contributed by atoms with Crippen LogP contribution in [0, 0.1) is 5.41 Å². The minimum absolute atomic E-state index is 0.00111. The quantitative estimate of drug-likeness (QED) is 0.662. The van der Waals surface area contributed by atoms with Gasteiger partial charge in [-0.05, 0) is 12.8 Å². The van der Waals surface area contributed by atoms with Crippen LogP contribution in [0.1, 0.15) is 12.8 Å². The maximum absolute atomic E-state index is 10.9. The van der Waals surface area contributed by atoms with E-state index in [2.05, 4.69) is 4.72 Å². The number of nitrogens with one attached hydrogen (secondary N) is 1. The van der Waals surface area contributed by atoms with Crippen molar-refractivity contribution in [3.63, 3.8) is 0 Å². The number of rotatable bonds is 4. The molecule has 0 amide bonds. The molecule has 1 heterocycles. The Morgan fingerprint density at radius 1 is 1.43 bits per heavy atom. The fraction of sp³-hybridized carbons (Fsp3) is 1.00. The van der Waals surface area contributed by atoms with E-state index in [4.69, 9.17) is 4.74 Å². The van der Waals surface area contributed by atoms with Gasteiger partial charge < -0.3 is 9.84 Å². The van der Waals surface area contributed by atoms with Gasteiger partial charge >= 0.3 is 0 Å². The van der Waals surface area contributed by atoms with Crippen LogP contribution >= 0.6 is 0 Å². The molecule has 0 saturated carbocycles. The first-order chi connectivity index (χ1) is 6.47. The summed E-state index contributed by atoms with van der Waals surface area (Å²) >= 11 is 0. The van der Waals surface area contributed by atoms with Crippen molar-refractivity contribution in [3.8, 4) is 0 Å². The third kappa shape index (κ3) is 3.53. The minimum atomic E-state index is -3.17. The van der Waals surface area contributed by atoms with Crippen LogP contribution in [0.4, 0.5) is 0 Å². The second kappa shape index (κ2) is 4.57. The summed E-state index contributed by atoms with van der Waals surface area (Å²) in [6.07, 6.45) is 2.52. The summed E-state index contributed by atoms with van der Waals surface area (Å²) in [6, 6.07) is 0. The van der Waals surface area contributed by atoms with Crippen molar-refractivity contribution in [1.29, 1.82) is 0 Å². The predicted molar refractivity (Wildman–Crippen MR) is 52.4 cm³/mol. The van der Waals surface area contributed by atoms with Crippen molar-refractivity contribution in [2.24, 2.45) is 5.41 Å². The topological polar surface area (TPSA) is 75.6 Å². The van der Waals surface area contributed by atoms with E-state index in [-0.39, 0.29) is 12.0 Å². The van der Waals surface area contributed by atoms with Gasteiger partial charge in [0, 0.05) is 25.2 Å². The largest absolute Gasteiger partial charge is 0.396 e. The molecule has 1 aliphatic heterocycles. The molecule has 0 bridgehead atoms. The lowest BCUT2D eigenvalue weighted by atomic mass is 9.81. The molecular formula is C8H17NO4S. The molecule has 0 aromatic rings. The third-order valence-corrected chi connectivity index (χ3v) is 3.27. The first kappa shape index (κ1) is 11.9. The van der Waals surface area contributed by atoms with E-state index >= 15 is 0 Å². The molecule has 0 aromatic carbocycles. The van der Waals surface area contributed by atoms with Crippen molar-refractivity contribution in [1.82, 2.24) is 4.72 Å². The highest BCUT2D eigenvalue weighted by molar-refractivity contribution is 7.88. The molecule has 0 radical (unpaired) electrons. The lowest BCUT2D eigenvalue weighted by Gasteiger charge is -2.35. The van der Waals surface area contributed by atoms with Gasteiger partial charge in [-0.3, -0.25) is 0 Å². The van der Waals surface area contributed by atoms with Crippen LogP contribution in [0.15, 0.2) is 0 Å². The van der Waals surface area contributed by atoms with E-state index in [0.29, 0.717) is 32.6 Å². The highest BCUT2D eigenvalue weighted by atomic mass is 32.2. The van der Waals surface area contributed by atoms with Gasteiger partial charge in [-0.2, -0.15) is 0 Å². The molecule has 0 aliphatic carbocycles. The van der Waals surface area contributed by atoms with Crippen LogP contribution in [0.25, 0.3) is 0 Å². The van der Waals surface area contributed by atoms with Crippen molar-refractivity contribution in [2.45, 2.75) is 12.8 Å². The SMILES string of the molecule is CS(=O)(=O)NCC1(CO)CCOCC1. The van der Waals surface area contributed by atoms with Crippen LogP contribution in [-0.2, 0) is 14.8 Å². The molecule has 1 aliphatic rings. The van der Waals surface area contributed by atoms with E-state index in [1.54, 1.807) is 0 Å². The van der Waals surface area contributed by atoms with Crippen LogP contribution in [-0.4, -0.2) is 46.1 Å². The van der Waals surface area contributed by atoms with Crippen LogP contribution in [0.5, 0.6) is 0 Å². The van der Waals surface area contributed by atoms with Crippen molar-refractivity contribution in [3.05, 3.63) is 0 Å². The van der Waals surface area contributed by atoms with Crippen molar-refractivity contribution in [2.75, 3.05) is 32.6 Å². The highest BCUT2D eigenvalue weighted by Crippen LogP contribution is 2.28. The Bertz CT molecular complexity index is 269. The van der Waals surface area contributed by atoms with Gasteiger partial charge in [-0.25, -0.2) is 13.1 Å². The average Bonchev–Trinajstić information content (AvgIpc) is 2.15. The predicted octanol–water partition coefficient (Wildman–Crippen LogP) is -0.675. The zero-order valence-electron chi connectivity index (χ0n) is 8.32. The van der Waals surface area contributed by atoms with E-state index in [9.17, 15) is 13.5 Å². The maximum Gasteiger partial charge on any atom is 0.208 e. The second-order valence-corrected chi connectivity index (χ2v) is 5.70. The summed E-state index contributed by atoms with van der Waals surface area (Å²) in [5.74, 6) is 0. The van der Waals surface area contributed by atoms with E-state index in [1.807, 2.05) is 0 Å². The Morgan fingerprint density at radius 2 is 2.00 bits per heavy atom. The first-order valence-electron chi connectivity index (χ1n) is 4.61. The highest BCUT2D eigenvalue weighted by Gasteiger charge is 2.32. The second-order valence-electron chi connectivity index (χ2n) is 3.86. The van der Waals surface area contributed by atoms with Crippen molar-refractivity contribution < 1.29 is 18.3 Å². The van der Waals surface area contributed by atoms with Crippen molar-refractivity contribution >= 4 is 10.0 Å². The number of aliphatic hydroxyl groups is 1. The van der Waals surface area contributed by atoms with Crippen LogP contribution in [0.3, 0.4) is 0 Å². The van der Waals surface area contributed by atoms with Gasteiger partial charge in [0.15, 0.2) is 0 Å². The molecule has 14 heavy (non-hydrogen) atoms. The molecule has 1 saturated heterocycles. The lowest BCUT2D eigenvalue weighted by Crippen LogP contribution is -2.43. The number of hydrogen-bond donors (Lipinski definition) is 2. The molecule has 0 aromatic heterocycles. The Morgan fingerprint density at radius 3 is 2.43 bits per heavy atom. The molecule has 1 rings (SSSR count). The number of sulfonamides is 1. The third-order valence-electron chi connectivity index (χ3n) is 2.60. The number of hydrogen-bond acceptors (Lipinski definition) is 4. The smallest absolute Gasteiger partial charge is 0.208 e. The van der Waals surface area contributed by atoms with Crippen LogP contribution in [0.2, 0.25) is 0 Å². The summed E-state index contributed by atoms with van der Waals surface area (Å²) < 4.78 is 29.4. The van der Waals surface area contributed by atoms with Gasteiger partial charge in [-0.15, -0.1) is 0 Å². The molecule has 6 heteroatoms. The fourth-order valence-corrected chi connectivity index (χ4v) is 2.05. The minimum Gasteiger partial charge on any atom is -0.396 e. The molecule has 5 nitrogen and oxygen atoms in total. The maximum atomic E-state index is 10.9.